The molecule has 0 radical (unpaired) electrons. The Morgan fingerprint density at radius 2 is 1.68 bits per heavy atom. The molecule has 0 atom stereocenters. The molecule has 3 aromatic carbocycles. The van der Waals surface area contributed by atoms with Gasteiger partial charge in [-0.15, -0.1) is 0 Å². The maximum atomic E-state index is 13.5. The summed E-state index contributed by atoms with van der Waals surface area (Å²) >= 11 is 0. The molecule has 0 aliphatic rings. The number of methoxy groups -OCH3 is 1. The van der Waals surface area contributed by atoms with Crippen molar-refractivity contribution >= 4 is 27.3 Å². The summed E-state index contributed by atoms with van der Waals surface area (Å²) in [5, 5.41) is 18.1. The third kappa shape index (κ3) is 6.36. The number of nitrogen functional groups attached to an aromatic ring is 1. The number of hydrogen-bond donors (Lipinski definition) is 5. The minimum atomic E-state index is -4.24. The van der Waals surface area contributed by atoms with Crippen molar-refractivity contribution in [1.29, 1.82) is 0 Å². The first-order chi connectivity index (χ1) is 17.7. The average molecular weight is 530 g/mol. The van der Waals surface area contributed by atoms with E-state index in [-0.39, 0.29) is 53.3 Å². The first kappa shape index (κ1) is 27.5. The van der Waals surface area contributed by atoms with E-state index in [1.165, 1.54) is 36.9 Å². The number of carbonyl (C=O) groups excluding carboxylic acids is 2. The Morgan fingerprint density at radius 3 is 2.27 bits per heavy atom. The van der Waals surface area contributed by atoms with Crippen LogP contribution in [0.1, 0.15) is 34.3 Å². The molecule has 0 spiro atoms. The second-order valence-corrected chi connectivity index (χ2v) is 9.83. The summed E-state index contributed by atoms with van der Waals surface area (Å²) in [5.74, 6) is -1.21. The van der Waals surface area contributed by atoms with Crippen LogP contribution in [0.2, 0.25) is 0 Å². The van der Waals surface area contributed by atoms with Gasteiger partial charge in [-0.2, -0.15) is 0 Å². The Kier molecular flexibility index (Phi) is 9.06. The molecule has 0 aromatic heterocycles. The molecule has 0 bridgehead atoms. The van der Waals surface area contributed by atoms with Crippen molar-refractivity contribution in [3.8, 4) is 11.5 Å². The third-order valence-corrected chi connectivity index (χ3v) is 7.34. The van der Waals surface area contributed by atoms with Gasteiger partial charge in [-0.25, -0.2) is 19.4 Å². The molecule has 0 saturated heterocycles. The van der Waals surface area contributed by atoms with E-state index in [9.17, 15) is 23.2 Å². The number of ether oxygens (including phenoxy) is 2. The minimum absolute atomic E-state index is 0.0681. The third-order valence-electron chi connectivity index (χ3n) is 5.53. The highest BCUT2D eigenvalue weighted by atomic mass is 32.2. The van der Waals surface area contributed by atoms with Crippen molar-refractivity contribution in [2.24, 2.45) is 0 Å². The van der Waals surface area contributed by atoms with Crippen molar-refractivity contribution in [2.45, 2.75) is 29.1 Å². The summed E-state index contributed by atoms with van der Waals surface area (Å²) in [4.78, 5) is 23.6. The van der Waals surface area contributed by atoms with Crippen LogP contribution in [-0.4, -0.2) is 44.4 Å². The monoisotopic (exact) mass is 529 g/mol. The van der Waals surface area contributed by atoms with E-state index in [0.29, 0.717) is 5.75 Å². The van der Waals surface area contributed by atoms with Crippen molar-refractivity contribution in [3.05, 3.63) is 77.4 Å². The van der Waals surface area contributed by atoms with Crippen LogP contribution in [0.4, 0.5) is 5.69 Å². The molecular weight excluding hydrogens is 502 g/mol. The molecule has 11 nitrogen and oxygen atoms in total. The zero-order valence-electron chi connectivity index (χ0n) is 19.9. The van der Waals surface area contributed by atoms with Gasteiger partial charge in [0.15, 0.2) is 0 Å². The van der Waals surface area contributed by atoms with Crippen LogP contribution in [0, 0.1) is 0 Å². The molecule has 0 heterocycles. The minimum Gasteiger partial charge on any atom is -0.497 e. The Labute approximate surface area is 213 Å². The Balaban J connectivity index is 2.17. The lowest BCUT2D eigenvalue weighted by atomic mass is 9.97. The first-order valence-electron chi connectivity index (χ1n) is 11.1. The van der Waals surface area contributed by atoms with E-state index >= 15 is 0 Å². The summed E-state index contributed by atoms with van der Waals surface area (Å²) < 4.78 is 38.0. The lowest BCUT2D eigenvalue weighted by Crippen LogP contribution is -2.23. The van der Waals surface area contributed by atoms with Crippen LogP contribution < -0.4 is 26.2 Å². The van der Waals surface area contributed by atoms with Crippen molar-refractivity contribution in [1.82, 2.24) is 11.0 Å². The zero-order valence-corrected chi connectivity index (χ0v) is 20.7. The van der Waals surface area contributed by atoms with Crippen LogP contribution in [0.3, 0.4) is 0 Å². The summed E-state index contributed by atoms with van der Waals surface area (Å²) in [6.07, 6.45) is 0.217. The summed E-state index contributed by atoms with van der Waals surface area (Å²) in [6.45, 7) is -0.0777. The normalized spacial score (nSPS) is 11.0. The van der Waals surface area contributed by atoms with Gasteiger partial charge >= 0.3 is 0 Å². The van der Waals surface area contributed by atoms with Gasteiger partial charge in [0, 0.05) is 18.4 Å². The maximum Gasteiger partial charge on any atom is 0.275 e. The lowest BCUT2D eigenvalue weighted by molar-refractivity contribution is -0.129. The van der Waals surface area contributed by atoms with E-state index in [0.717, 1.165) is 11.6 Å². The quantitative estimate of drug-likeness (QED) is 0.108. The fourth-order valence-electron chi connectivity index (χ4n) is 3.66. The lowest BCUT2D eigenvalue weighted by Gasteiger charge is -2.20. The van der Waals surface area contributed by atoms with Crippen LogP contribution in [0.5, 0.6) is 11.5 Å². The predicted octanol–water partition coefficient (Wildman–Crippen LogP) is 2.48. The number of hydroxylamine groups is 2. The van der Waals surface area contributed by atoms with E-state index in [1.807, 2.05) is 6.07 Å². The van der Waals surface area contributed by atoms with E-state index < -0.39 is 26.5 Å². The number of sulfone groups is 1. The molecular formula is C25H27N3O8S. The number of hydrogen-bond acceptors (Lipinski definition) is 9. The van der Waals surface area contributed by atoms with Gasteiger partial charge in [0.2, 0.25) is 15.7 Å². The second kappa shape index (κ2) is 12.2. The molecule has 6 N–H and O–H groups in total. The van der Waals surface area contributed by atoms with Crippen LogP contribution >= 0.6 is 0 Å². The van der Waals surface area contributed by atoms with Crippen LogP contribution in [-0.2, 0) is 21.1 Å². The first-order valence-corrected chi connectivity index (χ1v) is 12.6. The molecule has 0 saturated carbocycles. The van der Waals surface area contributed by atoms with Gasteiger partial charge in [-0.05, 0) is 42.3 Å². The van der Waals surface area contributed by atoms with Gasteiger partial charge in [0.05, 0.1) is 34.8 Å². The topological polar surface area (TPSA) is 177 Å². The van der Waals surface area contributed by atoms with Crippen molar-refractivity contribution in [2.75, 3.05) is 19.5 Å². The number of rotatable bonds is 11. The van der Waals surface area contributed by atoms with Gasteiger partial charge < -0.3 is 15.2 Å². The van der Waals surface area contributed by atoms with E-state index in [4.69, 9.17) is 20.4 Å². The highest BCUT2D eigenvalue weighted by molar-refractivity contribution is 7.91. The summed E-state index contributed by atoms with van der Waals surface area (Å²) in [7, 11) is -2.79. The average Bonchev–Trinajstić information content (AvgIpc) is 2.92. The van der Waals surface area contributed by atoms with Gasteiger partial charge in [-0.1, -0.05) is 30.3 Å². The molecule has 3 aromatic rings. The molecule has 0 aliphatic heterocycles. The maximum absolute atomic E-state index is 13.5. The standard InChI is InChI=1S/C25H27N3O8S/c1-35-17-9-11-18(12-10-17)37(33,34)21-15-20(25(30)28-32)19(14-16-6-3-2-4-7-16)24(23(21)26)36-13-5-8-22(29)27-31/h2-4,6-7,9-12,15,31-32H,5,8,13-14,26H2,1H3,(H,27,29)(H,28,30). The number of nitrogens with one attached hydrogen (secondary N) is 2. The second-order valence-electron chi connectivity index (χ2n) is 7.91. The molecule has 0 unspecified atom stereocenters. The predicted molar refractivity (Wildman–Crippen MR) is 132 cm³/mol. The van der Waals surface area contributed by atoms with E-state index in [2.05, 4.69) is 0 Å². The molecule has 196 valence electrons. The molecule has 12 heteroatoms. The molecule has 0 aliphatic carbocycles. The number of amides is 2. The van der Waals surface area contributed by atoms with Gasteiger partial charge in [0.25, 0.3) is 5.91 Å². The number of anilines is 1. The van der Waals surface area contributed by atoms with Crippen molar-refractivity contribution < 1.29 is 37.9 Å². The fraction of sp³-hybridized carbons (Fsp3) is 0.200. The number of carbonyl (C=O) groups is 2. The molecule has 0 fully saturated rings. The SMILES string of the molecule is COc1ccc(S(=O)(=O)c2cc(C(=O)NO)c(Cc3ccccc3)c(OCCCC(=O)NO)c2N)cc1. The molecule has 2 amide bonds. The highest BCUT2D eigenvalue weighted by Gasteiger charge is 2.29. The summed E-state index contributed by atoms with van der Waals surface area (Å²) in [5.41, 5.74) is 10.0. The number of benzene rings is 3. The van der Waals surface area contributed by atoms with Crippen molar-refractivity contribution in [3.63, 3.8) is 0 Å². The number of nitrogens with two attached hydrogens (primary N) is 1. The Hall–Kier alpha value is -4.13. The van der Waals surface area contributed by atoms with Gasteiger partial charge in [0.1, 0.15) is 11.5 Å². The molecule has 3 rings (SSSR count). The van der Waals surface area contributed by atoms with Crippen LogP contribution in [0.25, 0.3) is 0 Å². The molecule has 37 heavy (non-hydrogen) atoms. The zero-order chi connectivity index (χ0) is 27.0. The highest BCUT2D eigenvalue weighted by Crippen LogP contribution is 2.39. The largest absolute Gasteiger partial charge is 0.497 e. The Bertz CT molecular complexity index is 1360. The van der Waals surface area contributed by atoms with Crippen LogP contribution in [0.15, 0.2) is 70.5 Å². The Morgan fingerprint density at radius 1 is 1.00 bits per heavy atom. The van der Waals surface area contributed by atoms with E-state index in [1.54, 1.807) is 29.7 Å². The smallest absolute Gasteiger partial charge is 0.275 e. The van der Waals surface area contributed by atoms with Gasteiger partial charge in [-0.3, -0.25) is 20.0 Å². The fourth-order valence-corrected chi connectivity index (χ4v) is 5.07. The summed E-state index contributed by atoms with van der Waals surface area (Å²) in [6, 6.07) is 15.7.